The number of nitrogens with one attached hydrogen (secondary N) is 1. The normalized spacial score (nSPS) is 21.4. The highest BCUT2D eigenvalue weighted by Gasteiger charge is 2.42. The van der Waals surface area contributed by atoms with E-state index < -0.39 is 0 Å². The first-order chi connectivity index (χ1) is 14.7. The van der Waals surface area contributed by atoms with Crippen molar-refractivity contribution in [3.63, 3.8) is 0 Å². The number of likely N-dealkylation sites (tertiary alicyclic amines) is 1. The number of carbonyl (C=O) groups is 1. The second-order valence-electron chi connectivity index (χ2n) is 9.27. The summed E-state index contributed by atoms with van der Waals surface area (Å²) in [5, 5.41) is 3.65. The van der Waals surface area contributed by atoms with Crippen molar-refractivity contribution < 1.29 is 4.79 Å². The van der Waals surface area contributed by atoms with E-state index in [2.05, 4.69) is 55.3 Å². The van der Waals surface area contributed by atoms with Crippen LogP contribution in [-0.4, -0.2) is 86.0 Å². The molecule has 1 amide bonds. The van der Waals surface area contributed by atoms with Gasteiger partial charge < -0.3 is 15.1 Å². The molecule has 3 aliphatic rings. The van der Waals surface area contributed by atoms with Crippen LogP contribution in [0.4, 0.5) is 0 Å². The predicted octanol–water partition coefficient (Wildman–Crippen LogP) is 2.83. The van der Waals surface area contributed by atoms with E-state index in [4.69, 9.17) is 0 Å². The van der Waals surface area contributed by atoms with Crippen molar-refractivity contribution in [1.82, 2.24) is 20.0 Å². The van der Waals surface area contributed by atoms with E-state index in [1.54, 1.807) is 0 Å². The van der Waals surface area contributed by atoms with Gasteiger partial charge in [0.2, 0.25) is 5.91 Å². The van der Waals surface area contributed by atoms with Gasteiger partial charge in [-0.3, -0.25) is 14.7 Å². The highest BCUT2D eigenvalue weighted by molar-refractivity contribution is 14.0. The molecule has 2 heterocycles. The van der Waals surface area contributed by atoms with Gasteiger partial charge in [0.15, 0.2) is 5.96 Å². The maximum absolute atomic E-state index is 12.5. The number of carbonyl (C=O) groups excluding carboxylic acids is 1. The van der Waals surface area contributed by atoms with Crippen LogP contribution in [0.1, 0.15) is 37.7 Å². The van der Waals surface area contributed by atoms with Crippen molar-refractivity contribution in [3.8, 4) is 0 Å². The number of guanidine groups is 1. The van der Waals surface area contributed by atoms with Crippen LogP contribution in [0.5, 0.6) is 0 Å². The quantitative estimate of drug-likeness (QED) is 0.343. The number of halogens is 1. The molecule has 3 fully saturated rings. The highest BCUT2D eigenvalue weighted by atomic mass is 127. The third kappa shape index (κ3) is 6.81. The molecule has 0 radical (unpaired) electrons. The van der Waals surface area contributed by atoms with E-state index in [1.807, 2.05) is 7.05 Å². The Morgan fingerprint density at radius 2 is 1.65 bits per heavy atom. The molecule has 0 bridgehead atoms. The number of rotatable bonds is 6. The van der Waals surface area contributed by atoms with Crippen LogP contribution in [0.25, 0.3) is 0 Å². The molecule has 1 aromatic rings. The minimum Gasteiger partial charge on any atom is -0.356 e. The summed E-state index contributed by atoms with van der Waals surface area (Å²) in [6.45, 7) is 7.16. The van der Waals surface area contributed by atoms with Gasteiger partial charge in [-0.25, -0.2) is 0 Å². The standard InChI is InChI=1S/C24H37N5O.HI/c1-25-23(26-20-24(10-11-24)18-21-8-4-2-5-9-21)29-16-14-27(15-17-29)19-22(30)28-12-6-3-7-13-28;/h2,4-5,8-9H,3,6-7,10-20H2,1H3,(H,25,26);1H. The Bertz CT molecular complexity index is 723. The van der Waals surface area contributed by atoms with Gasteiger partial charge in [-0.1, -0.05) is 30.3 Å². The Labute approximate surface area is 204 Å². The lowest BCUT2D eigenvalue weighted by atomic mass is 9.96. The number of hydrogen-bond donors (Lipinski definition) is 1. The van der Waals surface area contributed by atoms with Crippen LogP contribution in [0.15, 0.2) is 35.3 Å². The fourth-order valence-corrected chi connectivity index (χ4v) is 4.77. The molecule has 1 aliphatic carbocycles. The van der Waals surface area contributed by atoms with Crippen molar-refractivity contribution in [2.75, 3.05) is 59.4 Å². The summed E-state index contributed by atoms with van der Waals surface area (Å²) in [5.41, 5.74) is 1.82. The van der Waals surface area contributed by atoms with Crippen LogP contribution >= 0.6 is 24.0 Å². The molecule has 1 saturated carbocycles. The molecule has 0 spiro atoms. The minimum absolute atomic E-state index is 0. The third-order valence-corrected chi connectivity index (χ3v) is 6.95. The fraction of sp³-hybridized carbons (Fsp3) is 0.667. The number of hydrogen-bond acceptors (Lipinski definition) is 3. The zero-order chi connectivity index (χ0) is 20.8. The number of amides is 1. The molecular weight excluding hydrogens is 501 g/mol. The Kier molecular flexibility index (Phi) is 9.01. The number of aliphatic imine (C=N–C) groups is 1. The first-order valence-corrected chi connectivity index (χ1v) is 11.7. The van der Waals surface area contributed by atoms with Crippen LogP contribution in [0.3, 0.4) is 0 Å². The van der Waals surface area contributed by atoms with Gasteiger partial charge in [0.1, 0.15) is 0 Å². The van der Waals surface area contributed by atoms with Crippen molar-refractivity contribution in [1.29, 1.82) is 0 Å². The second-order valence-corrected chi connectivity index (χ2v) is 9.27. The summed E-state index contributed by atoms with van der Waals surface area (Å²) in [5.74, 6) is 1.32. The molecule has 0 unspecified atom stereocenters. The Balaban J connectivity index is 0.00000272. The zero-order valence-electron chi connectivity index (χ0n) is 18.9. The summed E-state index contributed by atoms with van der Waals surface area (Å²) in [6, 6.07) is 10.8. The molecule has 0 atom stereocenters. The molecule has 172 valence electrons. The van der Waals surface area contributed by atoms with E-state index in [9.17, 15) is 4.79 Å². The Hall–Kier alpha value is -1.35. The molecule has 6 nitrogen and oxygen atoms in total. The van der Waals surface area contributed by atoms with Crippen molar-refractivity contribution >= 4 is 35.8 Å². The topological polar surface area (TPSA) is 51.2 Å². The van der Waals surface area contributed by atoms with Gasteiger partial charge in [0.05, 0.1) is 6.54 Å². The van der Waals surface area contributed by atoms with Crippen LogP contribution in [0, 0.1) is 5.41 Å². The fourth-order valence-electron chi connectivity index (χ4n) is 4.77. The summed E-state index contributed by atoms with van der Waals surface area (Å²) in [7, 11) is 1.88. The van der Waals surface area contributed by atoms with Crippen LogP contribution in [0.2, 0.25) is 0 Å². The number of piperidine rings is 1. The molecule has 0 aromatic heterocycles. The molecule has 1 N–H and O–H groups in total. The number of nitrogens with zero attached hydrogens (tertiary/aromatic N) is 4. The minimum atomic E-state index is 0. The van der Waals surface area contributed by atoms with Crippen LogP contribution in [-0.2, 0) is 11.2 Å². The lowest BCUT2D eigenvalue weighted by Crippen LogP contribution is -2.55. The lowest BCUT2D eigenvalue weighted by Gasteiger charge is -2.37. The van der Waals surface area contributed by atoms with Crippen molar-refractivity contribution in [2.24, 2.45) is 10.4 Å². The summed E-state index contributed by atoms with van der Waals surface area (Å²) < 4.78 is 0. The van der Waals surface area contributed by atoms with Crippen molar-refractivity contribution in [3.05, 3.63) is 35.9 Å². The van der Waals surface area contributed by atoms with E-state index in [0.717, 1.165) is 71.0 Å². The monoisotopic (exact) mass is 539 g/mol. The highest BCUT2D eigenvalue weighted by Crippen LogP contribution is 2.47. The largest absolute Gasteiger partial charge is 0.356 e. The molecule has 1 aromatic carbocycles. The summed E-state index contributed by atoms with van der Waals surface area (Å²) in [4.78, 5) is 23.8. The number of benzene rings is 1. The SMILES string of the molecule is CN=C(NCC1(Cc2ccccc2)CC1)N1CCN(CC(=O)N2CCCCC2)CC1.I. The van der Waals surface area contributed by atoms with E-state index in [-0.39, 0.29) is 24.0 Å². The molecule has 4 rings (SSSR count). The van der Waals surface area contributed by atoms with Gasteiger partial charge >= 0.3 is 0 Å². The average Bonchev–Trinajstić information content (AvgIpc) is 3.56. The second kappa shape index (κ2) is 11.5. The maximum atomic E-state index is 12.5. The summed E-state index contributed by atoms with van der Waals surface area (Å²) in [6.07, 6.45) is 7.31. The lowest BCUT2D eigenvalue weighted by molar-refractivity contribution is -0.133. The molecule has 7 heteroatoms. The van der Waals surface area contributed by atoms with Gasteiger partial charge in [-0.2, -0.15) is 0 Å². The van der Waals surface area contributed by atoms with E-state index in [1.165, 1.54) is 24.8 Å². The zero-order valence-corrected chi connectivity index (χ0v) is 21.2. The van der Waals surface area contributed by atoms with Gasteiger partial charge in [0, 0.05) is 52.9 Å². The Morgan fingerprint density at radius 1 is 0.968 bits per heavy atom. The van der Waals surface area contributed by atoms with E-state index >= 15 is 0 Å². The molecule has 2 aliphatic heterocycles. The first-order valence-electron chi connectivity index (χ1n) is 11.7. The molecule has 2 saturated heterocycles. The molecular formula is C24H38IN5O. The molecule has 31 heavy (non-hydrogen) atoms. The Morgan fingerprint density at radius 3 is 2.26 bits per heavy atom. The summed E-state index contributed by atoms with van der Waals surface area (Å²) >= 11 is 0. The van der Waals surface area contributed by atoms with Crippen LogP contribution < -0.4 is 5.32 Å². The average molecular weight is 540 g/mol. The first kappa shape index (κ1) is 24.3. The number of piperazine rings is 1. The maximum Gasteiger partial charge on any atom is 0.236 e. The van der Waals surface area contributed by atoms with Gasteiger partial charge in [-0.15, -0.1) is 24.0 Å². The smallest absolute Gasteiger partial charge is 0.236 e. The van der Waals surface area contributed by atoms with Gasteiger partial charge in [0.25, 0.3) is 0 Å². The predicted molar refractivity (Wildman–Crippen MR) is 137 cm³/mol. The van der Waals surface area contributed by atoms with Crippen molar-refractivity contribution in [2.45, 2.75) is 38.5 Å². The third-order valence-electron chi connectivity index (χ3n) is 6.95. The van der Waals surface area contributed by atoms with E-state index in [0.29, 0.717) is 17.9 Å². The van der Waals surface area contributed by atoms with Gasteiger partial charge in [-0.05, 0) is 49.5 Å².